The van der Waals surface area contributed by atoms with Crippen molar-refractivity contribution in [1.29, 1.82) is 0 Å². The van der Waals surface area contributed by atoms with Crippen molar-refractivity contribution in [3.05, 3.63) is 35.4 Å². The molecule has 4 unspecified atom stereocenters. The maximum absolute atomic E-state index is 12.1. The Kier molecular flexibility index (Phi) is 7.28. The predicted molar refractivity (Wildman–Crippen MR) is 91.1 cm³/mol. The maximum Gasteiger partial charge on any atom is 0.340 e. The lowest BCUT2D eigenvalue weighted by Crippen LogP contribution is -2.44. The van der Waals surface area contributed by atoms with Crippen molar-refractivity contribution in [3.63, 3.8) is 0 Å². The number of aliphatic hydroxyl groups excluding tert-OH is 2. The van der Waals surface area contributed by atoms with Gasteiger partial charge in [0.1, 0.15) is 12.2 Å². The molecule has 146 valence electrons. The van der Waals surface area contributed by atoms with Crippen LogP contribution < -0.4 is 0 Å². The number of hydrogen-bond donors (Lipinski definition) is 4. The number of hydrogen-bond acceptors (Lipinski definition) is 8. The Balaban J connectivity index is 2.88. The average Bonchev–Trinajstić information content (AvgIpc) is 2.61. The van der Waals surface area contributed by atoms with E-state index < -0.39 is 35.7 Å². The first-order chi connectivity index (χ1) is 12.0. The van der Waals surface area contributed by atoms with E-state index in [4.69, 9.17) is 9.47 Å². The van der Waals surface area contributed by atoms with Gasteiger partial charge in [0, 0.05) is 12.8 Å². The summed E-state index contributed by atoms with van der Waals surface area (Å²) >= 11 is 0. The van der Waals surface area contributed by atoms with E-state index in [-0.39, 0.29) is 24.0 Å². The molecule has 0 aliphatic carbocycles. The fraction of sp³-hybridized carbons (Fsp3) is 0.556. The molecule has 1 aromatic carbocycles. The Morgan fingerprint density at radius 3 is 1.31 bits per heavy atom. The second-order valence-electron chi connectivity index (χ2n) is 6.11. The molecule has 26 heavy (non-hydrogen) atoms. The SMILES string of the molecule is CCC(O)(OC(=O)c1ccc(C(=O)OC(O)(CC)C(C)O)cc1)C(C)O. The topological polar surface area (TPSA) is 134 Å². The van der Waals surface area contributed by atoms with Crippen molar-refractivity contribution in [2.75, 3.05) is 0 Å². The Morgan fingerprint density at radius 2 is 1.12 bits per heavy atom. The first-order valence-electron chi connectivity index (χ1n) is 8.36. The fourth-order valence-electron chi connectivity index (χ4n) is 2.09. The van der Waals surface area contributed by atoms with Crippen molar-refractivity contribution in [1.82, 2.24) is 0 Å². The minimum absolute atomic E-state index is 0.00421. The first kappa shape index (κ1) is 22.0. The van der Waals surface area contributed by atoms with E-state index in [2.05, 4.69) is 0 Å². The van der Waals surface area contributed by atoms with Crippen LogP contribution in [0.25, 0.3) is 0 Å². The van der Waals surface area contributed by atoms with Gasteiger partial charge in [-0.05, 0) is 38.1 Å². The summed E-state index contributed by atoms with van der Waals surface area (Å²) in [6, 6.07) is 5.13. The van der Waals surface area contributed by atoms with E-state index in [1.54, 1.807) is 13.8 Å². The van der Waals surface area contributed by atoms with Crippen LogP contribution >= 0.6 is 0 Å². The van der Waals surface area contributed by atoms with Crippen LogP contribution in [0.3, 0.4) is 0 Å². The van der Waals surface area contributed by atoms with Gasteiger partial charge in [-0.2, -0.15) is 0 Å². The molecule has 4 N–H and O–H groups in total. The number of aliphatic hydroxyl groups is 4. The van der Waals surface area contributed by atoms with Gasteiger partial charge in [0.15, 0.2) is 0 Å². The first-order valence-corrected chi connectivity index (χ1v) is 8.36. The average molecular weight is 370 g/mol. The van der Waals surface area contributed by atoms with Crippen LogP contribution in [-0.2, 0) is 9.47 Å². The van der Waals surface area contributed by atoms with Crippen molar-refractivity contribution in [2.45, 2.75) is 64.3 Å². The lowest BCUT2D eigenvalue weighted by Gasteiger charge is -2.29. The molecule has 8 heteroatoms. The molecule has 0 fully saturated rings. The zero-order valence-electron chi connectivity index (χ0n) is 15.3. The van der Waals surface area contributed by atoms with Gasteiger partial charge in [-0.15, -0.1) is 0 Å². The zero-order valence-corrected chi connectivity index (χ0v) is 15.3. The standard InChI is InChI=1S/C18H26O8/c1-5-17(23,11(3)19)25-15(21)13-7-9-14(10-8-13)16(22)26-18(24,6-2)12(4)20/h7-12,19-20,23-24H,5-6H2,1-4H3. The van der Waals surface area contributed by atoms with Crippen LogP contribution in [-0.4, -0.2) is 56.1 Å². The molecule has 0 saturated carbocycles. The monoisotopic (exact) mass is 370 g/mol. The van der Waals surface area contributed by atoms with E-state index in [0.29, 0.717) is 0 Å². The Labute approximate surface area is 152 Å². The van der Waals surface area contributed by atoms with Crippen molar-refractivity contribution < 1.29 is 39.5 Å². The molecule has 0 radical (unpaired) electrons. The Bertz CT molecular complexity index is 570. The quantitative estimate of drug-likeness (QED) is 0.393. The van der Waals surface area contributed by atoms with E-state index in [0.717, 1.165) is 0 Å². The summed E-state index contributed by atoms with van der Waals surface area (Å²) in [5.74, 6) is -5.76. The molecule has 0 saturated heterocycles. The Hall–Kier alpha value is -2.00. The second kappa shape index (κ2) is 8.59. The van der Waals surface area contributed by atoms with Gasteiger partial charge in [0.2, 0.25) is 11.6 Å². The van der Waals surface area contributed by atoms with Crippen molar-refractivity contribution in [2.24, 2.45) is 0 Å². The lowest BCUT2D eigenvalue weighted by molar-refractivity contribution is -0.221. The van der Waals surface area contributed by atoms with Crippen LogP contribution in [0.5, 0.6) is 0 Å². The summed E-state index contributed by atoms with van der Waals surface area (Å²) in [7, 11) is 0. The minimum atomic E-state index is -2.01. The van der Waals surface area contributed by atoms with Crippen LogP contribution in [0, 0.1) is 0 Å². The third-order valence-corrected chi connectivity index (χ3v) is 4.21. The summed E-state index contributed by atoms with van der Waals surface area (Å²) in [4.78, 5) is 24.2. The van der Waals surface area contributed by atoms with Gasteiger partial charge in [-0.25, -0.2) is 9.59 Å². The smallest absolute Gasteiger partial charge is 0.340 e. The summed E-state index contributed by atoms with van der Waals surface area (Å²) in [6.45, 7) is 5.70. The van der Waals surface area contributed by atoms with Crippen LogP contribution in [0.15, 0.2) is 24.3 Å². The molecule has 0 bridgehead atoms. The highest BCUT2D eigenvalue weighted by Crippen LogP contribution is 2.21. The number of benzene rings is 1. The predicted octanol–water partition coefficient (Wildman–Crippen LogP) is 0.959. The van der Waals surface area contributed by atoms with Crippen LogP contribution in [0.2, 0.25) is 0 Å². The van der Waals surface area contributed by atoms with E-state index >= 15 is 0 Å². The summed E-state index contributed by atoms with van der Waals surface area (Å²) in [5, 5.41) is 39.2. The third kappa shape index (κ3) is 5.01. The molecule has 0 aliphatic rings. The largest absolute Gasteiger partial charge is 0.427 e. The van der Waals surface area contributed by atoms with Gasteiger partial charge in [-0.3, -0.25) is 0 Å². The number of carbonyl (C=O) groups is 2. The van der Waals surface area contributed by atoms with Gasteiger partial charge in [-0.1, -0.05) is 13.8 Å². The summed E-state index contributed by atoms with van der Waals surface area (Å²) < 4.78 is 9.88. The molecule has 0 amide bonds. The molecule has 0 heterocycles. The van der Waals surface area contributed by atoms with Gasteiger partial charge >= 0.3 is 11.9 Å². The van der Waals surface area contributed by atoms with E-state index in [9.17, 15) is 30.0 Å². The molecule has 0 aromatic heterocycles. The molecule has 0 spiro atoms. The highest BCUT2D eigenvalue weighted by atomic mass is 16.7. The second-order valence-corrected chi connectivity index (χ2v) is 6.11. The summed E-state index contributed by atoms with van der Waals surface area (Å²) in [5.41, 5.74) is 0.103. The van der Waals surface area contributed by atoms with Gasteiger partial charge in [0.05, 0.1) is 11.1 Å². The van der Waals surface area contributed by atoms with Gasteiger partial charge < -0.3 is 29.9 Å². The molecule has 0 aliphatic heterocycles. The summed E-state index contributed by atoms with van der Waals surface area (Å²) in [6.07, 6.45) is -2.57. The molecule has 8 nitrogen and oxygen atoms in total. The fourth-order valence-corrected chi connectivity index (χ4v) is 2.09. The molecular formula is C18H26O8. The van der Waals surface area contributed by atoms with Crippen LogP contribution in [0.4, 0.5) is 0 Å². The number of rotatable bonds is 8. The normalized spacial score (nSPS) is 18.2. The number of ether oxygens (including phenoxy) is 2. The maximum atomic E-state index is 12.1. The highest BCUT2D eigenvalue weighted by molar-refractivity contribution is 5.93. The highest BCUT2D eigenvalue weighted by Gasteiger charge is 2.36. The minimum Gasteiger partial charge on any atom is -0.427 e. The molecular weight excluding hydrogens is 344 g/mol. The molecule has 1 aromatic rings. The van der Waals surface area contributed by atoms with E-state index in [1.807, 2.05) is 0 Å². The molecule has 4 atom stereocenters. The van der Waals surface area contributed by atoms with E-state index in [1.165, 1.54) is 38.1 Å². The van der Waals surface area contributed by atoms with Crippen molar-refractivity contribution >= 4 is 11.9 Å². The third-order valence-electron chi connectivity index (χ3n) is 4.21. The van der Waals surface area contributed by atoms with Crippen LogP contribution in [0.1, 0.15) is 61.3 Å². The molecule has 1 rings (SSSR count). The van der Waals surface area contributed by atoms with Gasteiger partial charge in [0.25, 0.3) is 0 Å². The zero-order chi connectivity index (χ0) is 20.1. The van der Waals surface area contributed by atoms with Crippen molar-refractivity contribution in [3.8, 4) is 0 Å². The number of carbonyl (C=O) groups excluding carboxylic acids is 2. The lowest BCUT2D eigenvalue weighted by atomic mass is 10.1. The Morgan fingerprint density at radius 1 is 0.846 bits per heavy atom. The number of esters is 2.